The van der Waals surface area contributed by atoms with Crippen LogP contribution in [0.4, 0.5) is 0 Å². The number of hydrogen-bond donors (Lipinski definition) is 0. The molecule has 0 aromatic heterocycles. The lowest BCUT2D eigenvalue weighted by atomic mass is 9.92. The molecule has 4 rings (SSSR count). The zero-order chi connectivity index (χ0) is 19.7. The highest BCUT2D eigenvalue weighted by Crippen LogP contribution is 2.27. The molecule has 0 bridgehead atoms. The molecule has 2 nitrogen and oxygen atoms in total. The summed E-state index contributed by atoms with van der Waals surface area (Å²) in [7, 11) is 0. The maximum atomic E-state index is 13.0. The molecule has 0 radical (unpaired) electrons. The fourth-order valence-corrected chi connectivity index (χ4v) is 3.47. The van der Waals surface area contributed by atoms with E-state index in [-0.39, 0.29) is 11.6 Å². The molecular formula is C24H14Cl2O2. The molecule has 0 fully saturated rings. The second-order valence-electron chi connectivity index (χ2n) is 6.38. The highest BCUT2D eigenvalue weighted by Gasteiger charge is 2.17. The maximum Gasteiger partial charge on any atom is 0.193 e. The van der Waals surface area contributed by atoms with Gasteiger partial charge in [-0.3, -0.25) is 9.59 Å². The van der Waals surface area contributed by atoms with Crippen LogP contribution >= 0.6 is 23.2 Å². The molecular weight excluding hydrogens is 391 g/mol. The van der Waals surface area contributed by atoms with Crippen molar-refractivity contribution in [1.82, 2.24) is 0 Å². The molecule has 0 saturated carbocycles. The van der Waals surface area contributed by atoms with Crippen LogP contribution in [-0.2, 0) is 0 Å². The van der Waals surface area contributed by atoms with Crippen LogP contribution in [0.15, 0.2) is 84.9 Å². The Labute approximate surface area is 172 Å². The zero-order valence-corrected chi connectivity index (χ0v) is 16.2. The number of rotatable bonds is 4. The van der Waals surface area contributed by atoms with E-state index in [9.17, 15) is 9.59 Å². The van der Waals surface area contributed by atoms with Crippen LogP contribution in [0.25, 0.3) is 10.8 Å². The Morgan fingerprint density at radius 2 is 0.857 bits per heavy atom. The standard InChI is InChI=1S/C24H14Cl2O2/c25-17-11-7-15(8-12-17)23(27)21-5-1-3-19-20(21)4-2-6-22(19)24(28)16-9-13-18(26)14-10-16/h1-14H. The summed E-state index contributed by atoms with van der Waals surface area (Å²) in [6.07, 6.45) is 0. The van der Waals surface area contributed by atoms with E-state index in [2.05, 4.69) is 0 Å². The second-order valence-corrected chi connectivity index (χ2v) is 7.25. The Balaban J connectivity index is 1.82. The number of carbonyl (C=O) groups is 2. The summed E-state index contributed by atoms with van der Waals surface area (Å²) in [5.74, 6) is -0.225. The van der Waals surface area contributed by atoms with Crippen LogP contribution in [0.5, 0.6) is 0 Å². The van der Waals surface area contributed by atoms with Crippen LogP contribution in [0, 0.1) is 0 Å². The van der Waals surface area contributed by atoms with Gasteiger partial charge in [-0.05, 0) is 59.3 Å². The van der Waals surface area contributed by atoms with E-state index in [0.29, 0.717) is 32.3 Å². The van der Waals surface area contributed by atoms with Crippen molar-refractivity contribution in [3.05, 3.63) is 117 Å². The normalized spacial score (nSPS) is 10.8. The predicted octanol–water partition coefficient (Wildman–Crippen LogP) is 6.61. The number of carbonyl (C=O) groups excluding carboxylic acids is 2. The van der Waals surface area contributed by atoms with Crippen LogP contribution < -0.4 is 0 Å². The molecule has 4 aromatic carbocycles. The summed E-state index contributed by atoms with van der Waals surface area (Å²) < 4.78 is 0. The van der Waals surface area contributed by atoms with Gasteiger partial charge < -0.3 is 0 Å². The minimum Gasteiger partial charge on any atom is -0.289 e. The number of halogens is 2. The first-order valence-corrected chi connectivity index (χ1v) is 9.42. The fraction of sp³-hybridized carbons (Fsp3) is 0. The van der Waals surface area contributed by atoms with Crippen molar-refractivity contribution in [1.29, 1.82) is 0 Å². The molecule has 0 saturated heterocycles. The van der Waals surface area contributed by atoms with Crippen LogP contribution in [0.1, 0.15) is 31.8 Å². The first-order valence-electron chi connectivity index (χ1n) is 8.67. The predicted molar refractivity (Wildman–Crippen MR) is 114 cm³/mol. The van der Waals surface area contributed by atoms with Crippen molar-refractivity contribution in [2.75, 3.05) is 0 Å². The molecule has 0 heterocycles. The summed E-state index contributed by atoms with van der Waals surface area (Å²) in [6, 6.07) is 24.4. The smallest absolute Gasteiger partial charge is 0.193 e. The Morgan fingerprint density at radius 1 is 0.500 bits per heavy atom. The van der Waals surface area contributed by atoms with E-state index in [1.807, 2.05) is 12.1 Å². The topological polar surface area (TPSA) is 34.1 Å². The van der Waals surface area contributed by atoms with Gasteiger partial charge in [0.1, 0.15) is 0 Å². The van der Waals surface area contributed by atoms with E-state index < -0.39 is 0 Å². The molecule has 0 N–H and O–H groups in total. The number of ketones is 2. The zero-order valence-electron chi connectivity index (χ0n) is 14.7. The van der Waals surface area contributed by atoms with Gasteiger partial charge in [0, 0.05) is 32.3 Å². The van der Waals surface area contributed by atoms with Gasteiger partial charge in [0.25, 0.3) is 0 Å². The van der Waals surface area contributed by atoms with Crippen molar-refractivity contribution < 1.29 is 9.59 Å². The fourth-order valence-electron chi connectivity index (χ4n) is 3.22. The lowest BCUT2D eigenvalue weighted by Gasteiger charge is -2.10. The van der Waals surface area contributed by atoms with Gasteiger partial charge >= 0.3 is 0 Å². The van der Waals surface area contributed by atoms with E-state index in [1.165, 1.54) is 0 Å². The van der Waals surface area contributed by atoms with Crippen molar-refractivity contribution in [3.8, 4) is 0 Å². The summed E-state index contributed by atoms with van der Waals surface area (Å²) >= 11 is 11.8. The van der Waals surface area contributed by atoms with Gasteiger partial charge in [-0.25, -0.2) is 0 Å². The third kappa shape index (κ3) is 3.45. The Bertz CT molecular complexity index is 1100. The third-order valence-corrected chi connectivity index (χ3v) is 5.13. The summed E-state index contributed by atoms with van der Waals surface area (Å²) in [4.78, 5) is 26.0. The first kappa shape index (κ1) is 18.4. The summed E-state index contributed by atoms with van der Waals surface area (Å²) in [5, 5.41) is 2.63. The Kier molecular flexibility index (Phi) is 4.99. The molecule has 4 aromatic rings. The van der Waals surface area contributed by atoms with E-state index >= 15 is 0 Å². The average molecular weight is 405 g/mol. The van der Waals surface area contributed by atoms with Gasteiger partial charge in [-0.15, -0.1) is 0 Å². The molecule has 0 spiro atoms. The molecule has 4 heteroatoms. The number of hydrogen-bond acceptors (Lipinski definition) is 2. The molecule has 0 aliphatic rings. The molecule has 0 atom stereocenters. The number of benzene rings is 4. The molecule has 136 valence electrons. The summed E-state index contributed by atoms with van der Waals surface area (Å²) in [5.41, 5.74) is 2.19. The molecule has 28 heavy (non-hydrogen) atoms. The van der Waals surface area contributed by atoms with Crippen molar-refractivity contribution >= 4 is 45.5 Å². The van der Waals surface area contributed by atoms with Crippen LogP contribution in [0.2, 0.25) is 10.0 Å². The molecule has 0 amide bonds. The Hall–Kier alpha value is -2.94. The van der Waals surface area contributed by atoms with Gasteiger partial charge in [0.2, 0.25) is 0 Å². The Morgan fingerprint density at radius 3 is 1.21 bits per heavy atom. The average Bonchev–Trinajstić information content (AvgIpc) is 2.73. The molecule has 0 unspecified atom stereocenters. The monoisotopic (exact) mass is 404 g/mol. The minimum absolute atomic E-state index is 0.113. The summed E-state index contributed by atoms with van der Waals surface area (Å²) in [6.45, 7) is 0. The highest BCUT2D eigenvalue weighted by atomic mass is 35.5. The molecule has 0 aliphatic heterocycles. The van der Waals surface area contributed by atoms with Crippen molar-refractivity contribution in [2.24, 2.45) is 0 Å². The van der Waals surface area contributed by atoms with Crippen LogP contribution in [0.3, 0.4) is 0 Å². The quantitative estimate of drug-likeness (QED) is 0.358. The minimum atomic E-state index is -0.113. The first-order chi connectivity index (χ1) is 13.5. The van der Waals surface area contributed by atoms with Gasteiger partial charge in [-0.2, -0.15) is 0 Å². The van der Waals surface area contributed by atoms with Gasteiger partial charge in [0.15, 0.2) is 11.6 Å². The van der Waals surface area contributed by atoms with Crippen molar-refractivity contribution in [2.45, 2.75) is 0 Å². The highest BCUT2D eigenvalue weighted by molar-refractivity contribution is 6.31. The number of fused-ring (bicyclic) bond motifs is 1. The maximum absolute atomic E-state index is 13.0. The molecule has 0 aliphatic carbocycles. The SMILES string of the molecule is O=C(c1ccc(Cl)cc1)c1cccc2c(C(=O)c3ccc(Cl)cc3)cccc12. The van der Waals surface area contributed by atoms with Crippen molar-refractivity contribution in [3.63, 3.8) is 0 Å². The van der Waals surface area contributed by atoms with E-state index in [1.54, 1.807) is 72.8 Å². The second kappa shape index (κ2) is 7.59. The van der Waals surface area contributed by atoms with E-state index in [0.717, 1.165) is 10.8 Å². The van der Waals surface area contributed by atoms with Gasteiger partial charge in [-0.1, -0.05) is 59.6 Å². The lowest BCUT2D eigenvalue weighted by Crippen LogP contribution is -2.05. The lowest BCUT2D eigenvalue weighted by molar-refractivity contribution is 0.103. The largest absolute Gasteiger partial charge is 0.289 e. The third-order valence-electron chi connectivity index (χ3n) is 4.62. The van der Waals surface area contributed by atoms with E-state index in [4.69, 9.17) is 23.2 Å². The van der Waals surface area contributed by atoms with Gasteiger partial charge in [0.05, 0.1) is 0 Å². The van der Waals surface area contributed by atoms with Crippen LogP contribution in [-0.4, -0.2) is 11.6 Å².